The normalized spacial score (nSPS) is 12.0. The van der Waals surface area contributed by atoms with E-state index >= 15 is 0 Å². The largest absolute Gasteiger partial charge is 0.320 e. The van der Waals surface area contributed by atoms with Crippen LogP contribution >= 0.6 is 0 Å². The van der Waals surface area contributed by atoms with E-state index in [1.165, 1.54) is 8.61 Å². The van der Waals surface area contributed by atoms with Gasteiger partial charge in [0.2, 0.25) is 0 Å². The van der Waals surface area contributed by atoms with Crippen LogP contribution < -0.4 is 5.32 Å². The van der Waals surface area contributed by atoms with Crippen molar-refractivity contribution in [3.05, 3.63) is 0 Å². The molecule has 6 heteroatoms. The third-order valence-corrected chi connectivity index (χ3v) is 4.30. The zero-order valence-corrected chi connectivity index (χ0v) is 11.8. The predicted octanol–water partition coefficient (Wildman–Crippen LogP) is 0.118. The quantitative estimate of drug-likeness (QED) is 0.474. The maximum absolute atomic E-state index is 12.1. The number of hydrogen-bond donors (Lipinski definition) is 1. The first-order chi connectivity index (χ1) is 8.00. The highest BCUT2D eigenvalue weighted by Gasteiger charge is 2.24. The van der Waals surface area contributed by atoms with Crippen LogP contribution in [0.3, 0.4) is 0 Å². The number of nitrogens with zero attached hydrogens (tertiary/aromatic N) is 2. The highest BCUT2D eigenvalue weighted by Crippen LogP contribution is 2.07. The van der Waals surface area contributed by atoms with Gasteiger partial charge in [0.05, 0.1) is 6.54 Å². The summed E-state index contributed by atoms with van der Waals surface area (Å²) in [5.41, 5.74) is 0. The molecule has 0 saturated heterocycles. The fourth-order valence-electron chi connectivity index (χ4n) is 1.42. The first-order valence-electron chi connectivity index (χ1n) is 5.80. The lowest BCUT2D eigenvalue weighted by atomic mass is 10.4. The van der Waals surface area contributed by atoms with Gasteiger partial charge in [0.1, 0.15) is 0 Å². The summed E-state index contributed by atoms with van der Waals surface area (Å²) < 4.78 is 27.0. The molecule has 0 saturated carbocycles. The summed E-state index contributed by atoms with van der Waals surface area (Å²) in [6.07, 6.45) is 6.73. The molecule has 0 atom stereocenters. The molecule has 0 aliphatic heterocycles. The van der Waals surface area contributed by atoms with Gasteiger partial charge in [-0.25, -0.2) is 0 Å². The lowest BCUT2D eigenvalue weighted by Gasteiger charge is -2.25. The molecule has 0 spiro atoms. The summed E-state index contributed by atoms with van der Waals surface area (Å²) in [7, 11) is 0.0215. The molecule has 0 aromatic carbocycles. The van der Waals surface area contributed by atoms with Gasteiger partial charge in [0, 0.05) is 20.1 Å². The van der Waals surface area contributed by atoms with E-state index in [1.54, 1.807) is 7.05 Å². The van der Waals surface area contributed by atoms with Crippen molar-refractivity contribution < 1.29 is 8.42 Å². The highest BCUT2D eigenvalue weighted by molar-refractivity contribution is 7.86. The first kappa shape index (κ1) is 16.4. The molecule has 0 fully saturated rings. The third kappa shape index (κ3) is 5.50. The molecular weight excluding hydrogens is 238 g/mol. The Morgan fingerprint density at radius 2 is 2.00 bits per heavy atom. The molecule has 100 valence electrons. The third-order valence-electron chi connectivity index (χ3n) is 2.36. The molecule has 0 bridgehead atoms. The second kappa shape index (κ2) is 8.48. The molecular formula is C11H23N3O2S. The molecule has 5 nitrogen and oxygen atoms in total. The smallest absolute Gasteiger partial charge is 0.282 e. The molecule has 0 aromatic rings. The minimum Gasteiger partial charge on any atom is -0.320 e. The standard InChI is InChI=1S/C11H23N3O2S/c1-5-9-14(10-6-2)17(15,16)13(4)11-7-8-12-3/h1,12H,6-11H2,2-4H3. The van der Waals surface area contributed by atoms with Crippen LogP contribution in [0.2, 0.25) is 0 Å². The van der Waals surface area contributed by atoms with Crippen LogP contribution in [-0.2, 0) is 10.2 Å². The second-order valence-electron chi connectivity index (χ2n) is 3.82. The highest BCUT2D eigenvalue weighted by atomic mass is 32.2. The van der Waals surface area contributed by atoms with Crippen LogP contribution in [0.15, 0.2) is 0 Å². The van der Waals surface area contributed by atoms with Gasteiger partial charge in [-0.15, -0.1) is 6.42 Å². The number of hydrogen-bond acceptors (Lipinski definition) is 3. The minimum absolute atomic E-state index is 0.131. The van der Waals surface area contributed by atoms with E-state index in [-0.39, 0.29) is 6.54 Å². The summed E-state index contributed by atoms with van der Waals surface area (Å²) in [6.45, 7) is 3.81. The summed E-state index contributed by atoms with van der Waals surface area (Å²) >= 11 is 0. The Kier molecular flexibility index (Phi) is 8.17. The van der Waals surface area contributed by atoms with Crippen molar-refractivity contribution in [2.75, 3.05) is 40.3 Å². The Bertz CT molecular complexity index is 335. The predicted molar refractivity (Wildman–Crippen MR) is 70.8 cm³/mol. The molecule has 0 aliphatic carbocycles. The summed E-state index contributed by atoms with van der Waals surface area (Å²) in [6, 6.07) is 0. The van der Waals surface area contributed by atoms with Gasteiger partial charge < -0.3 is 5.32 Å². The van der Waals surface area contributed by atoms with E-state index in [2.05, 4.69) is 11.2 Å². The van der Waals surface area contributed by atoms with Crippen molar-refractivity contribution in [3.63, 3.8) is 0 Å². The SMILES string of the molecule is C#CCN(CCC)S(=O)(=O)N(C)CCCNC. The topological polar surface area (TPSA) is 52.7 Å². The lowest BCUT2D eigenvalue weighted by molar-refractivity contribution is 0.375. The van der Waals surface area contributed by atoms with Crippen molar-refractivity contribution in [3.8, 4) is 12.3 Å². The average molecular weight is 261 g/mol. The number of nitrogens with one attached hydrogen (secondary N) is 1. The molecule has 1 N–H and O–H groups in total. The molecule has 0 aliphatic rings. The average Bonchev–Trinajstić information content (AvgIpc) is 2.29. The molecule has 0 aromatic heterocycles. The second-order valence-corrected chi connectivity index (χ2v) is 5.86. The van der Waals surface area contributed by atoms with E-state index in [4.69, 9.17) is 6.42 Å². The molecule has 0 unspecified atom stereocenters. The van der Waals surface area contributed by atoms with Crippen LogP contribution in [0.4, 0.5) is 0 Å². The fourth-order valence-corrected chi connectivity index (χ4v) is 2.82. The van der Waals surface area contributed by atoms with E-state index in [1.807, 2.05) is 14.0 Å². The Hall–Kier alpha value is -0.610. The van der Waals surface area contributed by atoms with Gasteiger partial charge in [-0.2, -0.15) is 17.0 Å². The summed E-state index contributed by atoms with van der Waals surface area (Å²) in [5.74, 6) is 2.39. The minimum atomic E-state index is -3.41. The van der Waals surface area contributed by atoms with E-state index in [0.717, 1.165) is 19.4 Å². The van der Waals surface area contributed by atoms with Gasteiger partial charge >= 0.3 is 0 Å². The monoisotopic (exact) mass is 261 g/mol. The molecule has 0 heterocycles. The Morgan fingerprint density at radius 3 is 2.47 bits per heavy atom. The van der Waals surface area contributed by atoms with Gasteiger partial charge in [-0.05, 0) is 26.4 Å². The molecule has 17 heavy (non-hydrogen) atoms. The Labute approximate surface area is 105 Å². The van der Waals surface area contributed by atoms with E-state index in [9.17, 15) is 8.42 Å². The Balaban J connectivity index is 4.54. The van der Waals surface area contributed by atoms with E-state index < -0.39 is 10.2 Å². The van der Waals surface area contributed by atoms with Crippen molar-refractivity contribution in [1.29, 1.82) is 0 Å². The van der Waals surface area contributed by atoms with Crippen molar-refractivity contribution >= 4 is 10.2 Å². The van der Waals surface area contributed by atoms with Crippen LogP contribution in [-0.4, -0.2) is 57.3 Å². The molecule has 0 amide bonds. The first-order valence-corrected chi connectivity index (χ1v) is 7.19. The fraction of sp³-hybridized carbons (Fsp3) is 0.818. The van der Waals surface area contributed by atoms with Crippen LogP contribution in [0.25, 0.3) is 0 Å². The van der Waals surface area contributed by atoms with Gasteiger partial charge in [-0.1, -0.05) is 12.8 Å². The van der Waals surface area contributed by atoms with E-state index in [0.29, 0.717) is 13.1 Å². The Morgan fingerprint density at radius 1 is 1.35 bits per heavy atom. The number of terminal acetylenes is 1. The summed E-state index contributed by atoms with van der Waals surface area (Å²) in [5, 5.41) is 2.99. The maximum atomic E-state index is 12.1. The number of rotatable bonds is 9. The van der Waals surface area contributed by atoms with Crippen molar-refractivity contribution in [2.45, 2.75) is 19.8 Å². The van der Waals surface area contributed by atoms with Gasteiger partial charge in [0.25, 0.3) is 10.2 Å². The van der Waals surface area contributed by atoms with Crippen LogP contribution in [0.1, 0.15) is 19.8 Å². The zero-order valence-electron chi connectivity index (χ0n) is 10.9. The van der Waals surface area contributed by atoms with Crippen LogP contribution in [0, 0.1) is 12.3 Å². The van der Waals surface area contributed by atoms with Crippen molar-refractivity contribution in [1.82, 2.24) is 13.9 Å². The lowest BCUT2D eigenvalue weighted by Crippen LogP contribution is -2.43. The van der Waals surface area contributed by atoms with Crippen molar-refractivity contribution in [2.24, 2.45) is 0 Å². The van der Waals surface area contributed by atoms with Gasteiger partial charge in [0.15, 0.2) is 0 Å². The zero-order chi connectivity index (χ0) is 13.3. The molecule has 0 rings (SSSR count). The maximum Gasteiger partial charge on any atom is 0.282 e. The van der Waals surface area contributed by atoms with Gasteiger partial charge in [-0.3, -0.25) is 0 Å². The summed E-state index contributed by atoms with van der Waals surface area (Å²) in [4.78, 5) is 0. The van der Waals surface area contributed by atoms with Crippen LogP contribution in [0.5, 0.6) is 0 Å². The molecule has 0 radical (unpaired) electrons.